The van der Waals surface area contributed by atoms with E-state index in [2.05, 4.69) is 22.0 Å². The minimum absolute atomic E-state index is 0.647. The largest absolute Gasteiger partial charge is 0.330 e. The van der Waals surface area contributed by atoms with Gasteiger partial charge in [-0.3, -0.25) is 0 Å². The molecule has 0 amide bonds. The van der Waals surface area contributed by atoms with Crippen molar-refractivity contribution >= 4 is 49.0 Å². The van der Waals surface area contributed by atoms with Gasteiger partial charge in [-0.25, -0.2) is 0 Å². The lowest BCUT2D eigenvalue weighted by atomic mass is 10.2. The van der Waals surface area contributed by atoms with Crippen molar-refractivity contribution in [1.82, 2.24) is 0 Å². The van der Waals surface area contributed by atoms with Gasteiger partial charge < -0.3 is 5.73 Å². The van der Waals surface area contributed by atoms with Gasteiger partial charge >= 0.3 is 0 Å². The zero-order chi connectivity index (χ0) is 10.1. The number of fused-ring (bicyclic) bond motifs is 1. The highest BCUT2D eigenvalue weighted by Gasteiger charge is 2.09. The topological polar surface area (TPSA) is 26.0 Å². The second kappa shape index (κ2) is 4.19. The van der Waals surface area contributed by atoms with Crippen molar-refractivity contribution in [2.75, 3.05) is 6.54 Å². The van der Waals surface area contributed by atoms with E-state index in [1.165, 1.54) is 9.58 Å². The number of rotatable bonds is 2. The zero-order valence-electron chi connectivity index (χ0n) is 7.39. The van der Waals surface area contributed by atoms with Crippen molar-refractivity contribution in [3.63, 3.8) is 0 Å². The normalized spacial score (nSPS) is 11.1. The number of nitrogens with two attached hydrogens (primary N) is 1. The molecule has 1 aromatic heterocycles. The molecule has 2 rings (SSSR count). The maximum absolute atomic E-state index is 6.23. The molecule has 2 aromatic rings. The van der Waals surface area contributed by atoms with Crippen LogP contribution in [0.25, 0.3) is 10.1 Å². The molecule has 0 radical (unpaired) electrons. The van der Waals surface area contributed by atoms with Gasteiger partial charge in [-0.15, -0.1) is 11.3 Å². The summed E-state index contributed by atoms with van der Waals surface area (Å²) < 4.78 is 2.30. The first kappa shape index (κ1) is 10.4. The minimum atomic E-state index is 0.647. The van der Waals surface area contributed by atoms with Crippen molar-refractivity contribution < 1.29 is 0 Å². The van der Waals surface area contributed by atoms with Crippen molar-refractivity contribution in [2.24, 2.45) is 5.73 Å². The van der Waals surface area contributed by atoms with Gasteiger partial charge in [0, 0.05) is 19.4 Å². The van der Waals surface area contributed by atoms with Crippen LogP contribution in [0.4, 0.5) is 0 Å². The summed E-state index contributed by atoms with van der Waals surface area (Å²) in [6.45, 7) is 0.647. The Bertz CT molecular complexity index is 466. The van der Waals surface area contributed by atoms with Crippen molar-refractivity contribution in [1.29, 1.82) is 0 Å². The second-order valence-electron chi connectivity index (χ2n) is 3.02. The van der Waals surface area contributed by atoms with Gasteiger partial charge in [0.15, 0.2) is 0 Å². The molecule has 1 nitrogen and oxygen atoms in total. The van der Waals surface area contributed by atoms with E-state index in [0.717, 1.165) is 21.3 Å². The molecule has 0 atom stereocenters. The Hall–Kier alpha value is -0.0900. The lowest BCUT2D eigenvalue weighted by Gasteiger charge is -1.92. The van der Waals surface area contributed by atoms with Crippen LogP contribution in [0.15, 0.2) is 22.7 Å². The fourth-order valence-corrected chi connectivity index (χ4v) is 3.48. The van der Waals surface area contributed by atoms with E-state index in [-0.39, 0.29) is 0 Å². The molecule has 0 bridgehead atoms. The summed E-state index contributed by atoms with van der Waals surface area (Å²) in [4.78, 5) is 1.18. The van der Waals surface area contributed by atoms with Crippen LogP contribution in [0, 0.1) is 0 Å². The van der Waals surface area contributed by atoms with Crippen LogP contribution in [0.3, 0.4) is 0 Å². The molecule has 0 fully saturated rings. The van der Waals surface area contributed by atoms with Crippen molar-refractivity contribution in [3.8, 4) is 0 Å². The van der Waals surface area contributed by atoms with Crippen LogP contribution in [-0.4, -0.2) is 6.54 Å². The quantitative estimate of drug-likeness (QED) is 0.894. The number of hydrogen-bond acceptors (Lipinski definition) is 2. The Morgan fingerprint density at radius 3 is 2.93 bits per heavy atom. The fourth-order valence-electron chi connectivity index (χ4n) is 1.38. The van der Waals surface area contributed by atoms with E-state index in [4.69, 9.17) is 17.3 Å². The maximum Gasteiger partial charge on any atom is 0.0624 e. The molecule has 0 aliphatic heterocycles. The van der Waals surface area contributed by atoms with Crippen LogP contribution in [0.5, 0.6) is 0 Å². The molecule has 0 unspecified atom stereocenters. The number of benzene rings is 1. The standard InChI is InChI=1S/C10H9BrClNS/c11-6-1-2-7-9(5-6)14-8(3-4-13)10(7)12/h1-2,5H,3-4,13H2. The Kier molecular flexibility index (Phi) is 3.12. The van der Waals surface area contributed by atoms with Crippen molar-refractivity contribution in [2.45, 2.75) is 6.42 Å². The third-order valence-electron chi connectivity index (χ3n) is 2.03. The lowest BCUT2D eigenvalue weighted by molar-refractivity contribution is 0.989. The molecule has 14 heavy (non-hydrogen) atoms. The molecule has 1 aromatic carbocycles. The summed E-state index contributed by atoms with van der Waals surface area (Å²) in [5.41, 5.74) is 5.52. The molecular weight excluding hydrogens is 282 g/mol. The van der Waals surface area contributed by atoms with Gasteiger partial charge in [0.1, 0.15) is 0 Å². The Labute approximate surface area is 100.0 Å². The molecule has 2 N–H and O–H groups in total. The summed E-state index contributed by atoms with van der Waals surface area (Å²) in [7, 11) is 0. The summed E-state index contributed by atoms with van der Waals surface area (Å²) in [6.07, 6.45) is 0.857. The van der Waals surface area contributed by atoms with Gasteiger partial charge in [-0.05, 0) is 25.1 Å². The minimum Gasteiger partial charge on any atom is -0.330 e. The summed E-state index contributed by atoms with van der Waals surface area (Å²) in [5.74, 6) is 0. The third kappa shape index (κ3) is 1.82. The summed E-state index contributed by atoms with van der Waals surface area (Å²) in [6, 6.07) is 6.14. The molecule has 0 saturated heterocycles. The van der Waals surface area contributed by atoms with Crippen molar-refractivity contribution in [3.05, 3.63) is 32.6 Å². The molecule has 0 spiro atoms. The number of thiophene rings is 1. The highest BCUT2D eigenvalue weighted by molar-refractivity contribution is 9.10. The van der Waals surface area contributed by atoms with E-state index in [9.17, 15) is 0 Å². The van der Waals surface area contributed by atoms with E-state index >= 15 is 0 Å². The molecular formula is C10H9BrClNS. The van der Waals surface area contributed by atoms with Gasteiger partial charge in [-0.1, -0.05) is 33.6 Å². The first-order chi connectivity index (χ1) is 6.72. The van der Waals surface area contributed by atoms with Gasteiger partial charge in [0.05, 0.1) is 5.02 Å². The maximum atomic E-state index is 6.23. The summed E-state index contributed by atoms with van der Waals surface area (Å²) in [5, 5.41) is 1.99. The van der Waals surface area contributed by atoms with E-state index < -0.39 is 0 Å². The predicted octanol–water partition coefficient (Wildman–Crippen LogP) is 3.82. The monoisotopic (exact) mass is 289 g/mol. The number of hydrogen-bond donors (Lipinski definition) is 1. The molecule has 74 valence electrons. The highest BCUT2D eigenvalue weighted by atomic mass is 79.9. The average molecular weight is 291 g/mol. The van der Waals surface area contributed by atoms with Crippen LogP contribution < -0.4 is 5.73 Å². The van der Waals surface area contributed by atoms with Gasteiger partial charge in [-0.2, -0.15) is 0 Å². The third-order valence-corrected chi connectivity index (χ3v) is 4.28. The van der Waals surface area contributed by atoms with Crippen LogP contribution in [0.1, 0.15) is 4.88 Å². The van der Waals surface area contributed by atoms with E-state index in [0.29, 0.717) is 6.54 Å². The first-order valence-electron chi connectivity index (χ1n) is 4.29. The average Bonchev–Trinajstić information content (AvgIpc) is 2.44. The fraction of sp³-hybridized carbons (Fsp3) is 0.200. The number of halogens is 2. The summed E-state index contributed by atoms with van der Waals surface area (Å²) >= 11 is 11.4. The van der Waals surface area contributed by atoms with E-state index in [1.54, 1.807) is 11.3 Å². The lowest BCUT2D eigenvalue weighted by Crippen LogP contribution is -2.01. The smallest absolute Gasteiger partial charge is 0.0624 e. The van der Waals surface area contributed by atoms with Crippen LogP contribution in [-0.2, 0) is 6.42 Å². The molecule has 4 heteroatoms. The SMILES string of the molecule is NCCc1sc2cc(Br)ccc2c1Cl. The molecule has 0 aliphatic carbocycles. The predicted molar refractivity (Wildman–Crippen MR) is 67.3 cm³/mol. The van der Waals surface area contributed by atoms with Gasteiger partial charge in [0.2, 0.25) is 0 Å². The first-order valence-corrected chi connectivity index (χ1v) is 6.27. The second-order valence-corrected chi connectivity index (χ2v) is 5.45. The van der Waals surface area contributed by atoms with Gasteiger partial charge in [0.25, 0.3) is 0 Å². The zero-order valence-corrected chi connectivity index (χ0v) is 10.5. The van der Waals surface area contributed by atoms with E-state index in [1.807, 2.05) is 12.1 Å². The van der Waals surface area contributed by atoms with Crippen LogP contribution >= 0.6 is 38.9 Å². The van der Waals surface area contributed by atoms with Crippen LogP contribution in [0.2, 0.25) is 5.02 Å². The Balaban J connectivity index is 2.61. The Morgan fingerprint density at radius 2 is 2.21 bits per heavy atom. The molecule has 0 saturated carbocycles. The molecule has 0 aliphatic rings. The molecule has 1 heterocycles. The highest BCUT2D eigenvalue weighted by Crippen LogP contribution is 2.36. The Morgan fingerprint density at radius 1 is 1.43 bits per heavy atom.